The summed E-state index contributed by atoms with van der Waals surface area (Å²) in [4.78, 5) is 4.56. The number of aryl methyl sites for hydroxylation is 1. The summed E-state index contributed by atoms with van der Waals surface area (Å²) in [5.74, 6) is 4.61. The van der Waals surface area contributed by atoms with Gasteiger partial charge in [0.1, 0.15) is 6.61 Å². The molecule has 1 aromatic heterocycles. The molecule has 2 aromatic carbocycles. The number of hydrogen-bond donors (Lipinski definition) is 1. The van der Waals surface area contributed by atoms with Gasteiger partial charge in [0.2, 0.25) is 5.89 Å². The molecule has 1 heterocycles. The van der Waals surface area contributed by atoms with E-state index in [1.807, 2.05) is 42.5 Å². The fourth-order valence-corrected chi connectivity index (χ4v) is 3.34. The van der Waals surface area contributed by atoms with Gasteiger partial charge in [-0.3, -0.25) is 5.32 Å². The normalized spacial score (nSPS) is 11.7. The Morgan fingerprint density at radius 1 is 1.27 bits per heavy atom. The van der Waals surface area contributed by atoms with Crippen molar-refractivity contribution in [2.24, 2.45) is 0 Å². The molecule has 156 valence electrons. The second-order valence-corrected chi connectivity index (χ2v) is 7.03. The Labute approximate surface area is 181 Å². The van der Waals surface area contributed by atoms with Crippen LogP contribution in [0.2, 0.25) is 5.02 Å². The molecular formula is C23H24ClN3O3. The second kappa shape index (κ2) is 10.7. The van der Waals surface area contributed by atoms with Gasteiger partial charge in [-0.1, -0.05) is 59.9 Å². The highest BCUT2D eigenvalue weighted by Gasteiger charge is 2.20. The Morgan fingerprint density at radius 3 is 2.77 bits per heavy atom. The van der Waals surface area contributed by atoms with Crippen LogP contribution in [0.15, 0.2) is 47.0 Å². The standard InChI is InChI=1S/C23H24ClN3O3/c1-4-9-20-26-23(27-30-20)21(17-10-7-6-8-11-17)25-15-16-13-18(24)22(29-12-5-2)19(14-16)28-3/h2,6-8,10-11,13-14,21,25H,4,9,12,15H2,1,3H3/t21-/m1/s1. The molecule has 7 heteroatoms. The van der Waals surface area contributed by atoms with E-state index in [0.29, 0.717) is 34.8 Å². The molecule has 3 aromatic rings. The number of nitrogens with zero attached hydrogens (tertiary/aromatic N) is 2. The molecule has 0 saturated heterocycles. The van der Waals surface area contributed by atoms with E-state index in [-0.39, 0.29) is 12.6 Å². The largest absolute Gasteiger partial charge is 0.493 e. The number of terminal acetylenes is 1. The van der Waals surface area contributed by atoms with Crippen LogP contribution in [-0.2, 0) is 13.0 Å². The van der Waals surface area contributed by atoms with Crippen molar-refractivity contribution in [3.05, 3.63) is 70.3 Å². The number of ether oxygens (including phenoxy) is 2. The lowest BCUT2D eigenvalue weighted by molar-refractivity contribution is 0.330. The van der Waals surface area contributed by atoms with Gasteiger partial charge in [0.05, 0.1) is 18.2 Å². The summed E-state index contributed by atoms with van der Waals surface area (Å²) >= 11 is 6.40. The maximum atomic E-state index is 6.40. The molecule has 6 nitrogen and oxygen atoms in total. The first-order valence-electron chi connectivity index (χ1n) is 9.69. The Bertz CT molecular complexity index is 999. The minimum absolute atomic E-state index is 0.113. The van der Waals surface area contributed by atoms with Gasteiger partial charge in [-0.05, 0) is 29.7 Å². The zero-order valence-corrected chi connectivity index (χ0v) is 17.8. The lowest BCUT2D eigenvalue weighted by Gasteiger charge is -2.17. The van der Waals surface area contributed by atoms with E-state index in [9.17, 15) is 0 Å². The smallest absolute Gasteiger partial charge is 0.226 e. The quantitative estimate of drug-likeness (QED) is 0.479. The Hall–Kier alpha value is -3.01. The monoisotopic (exact) mass is 425 g/mol. The third-order valence-corrected chi connectivity index (χ3v) is 4.72. The molecule has 0 spiro atoms. The summed E-state index contributed by atoms with van der Waals surface area (Å²) in [6.07, 6.45) is 6.96. The maximum absolute atomic E-state index is 6.40. The van der Waals surface area contributed by atoms with E-state index in [1.165, 1.54) is 0 Å². The van der Waals surface area contributed by atoms with Gasteiger partial charge in [0.15, 0.2) is 17.3 Å². The molecule has 1 atom stereocenters. The van der Waals surface area contributed by atoms with Crippen molar-refractivity contribution in [3.63, 3.8) is 0 Å². The zero-order chi connectivity index (χ0) is 21.3. The summed E-state index contributed by atoms with van der Waals surface area (Å²) < 4.78 is 16.3. The van der Waals surface area contributed by atoms with Crippen LogP contribution in [0.1, 0.15) is 42.2 Å². The van der Waals surface area contributed by atoms with Crippen LogP contribution in [0.25, 0.3) is 0 Å². The van der Waals surface area contributed by atoms with E-state index >= 15 is 0 Å². The van der Waals surface area contributed by atoms with Crippen LogP contribution < -0.4 is 14.8 Å². The molecule has 0 fully saturated rings. The lowest BCUT2D eigenvalue weighted by atomic mass is 10.1. The number of aromatic nitrogens is 2. The summed E-state index contributed by atoms with van der Waals surface area (Å²) in [5.41, 5.74) is 1.96. The second-order valence-electron chi connectivity index (χ2n) is 6.62. The highest BCUT2D eigenvalue weighted by atomic mass is 35.5. The summed E-state index contributed by atoms with van der Waals surface area (Å²) in [6, 6.07) is 13.4. The van der Waals surface area contributed by atoms with Crippen LogP contribution in [0.3, 0.4) is 0 Å². The number of methoxy groups -OCH3 is 1. The molecule has 0 bridgehead atoms. The van der Waals surface area contributed by atoms with E-state index in [1.54, 1.807) is 7.11 Å². The van der Waals surface area contributed by atoms with Gasteiger partial charge in [0, 0.05) is 13.0 Å². The molecule has 0 aliphatic carbocycles. The highest BCUT2D eigenvalue weighted by Crippen LogP contribution is 2.36. The van der Waals surface area contributed by atoms with E-state index < -0.39 is 0 Å². The van der Waals surface area contributed by atoms with E-state index in [2.05, 4.69) is 28.3 Å². The summed E-state index contributed by atoms with van der Waals surface area (Å²) in [5, 5.41) is 8.11. The molecule has 0 aliphatic rings. The van der Waals surface area contributed by atoms with Crippen molar-refractivity contribution in [2.75, 3.05) is 13.7 Å². The van der Waals surface area contributed by atoms with Crippen LogP contribution in [0.5, 0.6) is 11.5 Å². The SMILES string of the molecule is C#CCOc1c(Cl)cc(CN[C@H](c2ccccc2)c2noc(CCC)n2)cc1OC. The third-order valence-electron chi connectivity index (χ3n) is 4.44. The summed E-state index contributed by atoms with van der Waals surface area (Å²) in [7, 11) is 1.56. The number of benzene rings is 2. The fraction of sp³-hybridized carbons (Fsp3) is 0.304. The van der Waals surface area contributed by atoms with Gasteiger partial charge >= 0.3 is 0 Å². The predicted molar refractivity (Wildman–Crippen MR) is 116 cm³/mol. The van der Waals surface area contributed by atoms with Crippen molar-refractivity contribution in [3.8, 4) is 23.8 Å². The van der Waals surface area contributed by atoms with Crippen LogP contribution in [0.4, 0.5) is 0 Å². The first-order chi connectivity index (χ1) is 14.7. The number of halogens is 1. The van der Waals surface area contributed by atoms with Crippen molar-refractivity contribution in [1.82, 2.24) is 15.5 Å². The van der Waals surface area contributed by atoms with Crippen molar-refractivity contribution < 1.29 is 14.0 Å². The van der Waals surface area contributed by atoms with Gasteiger partial charge in [-0.2, -0.15) is 4.98 Å². The minimum Gasteiger partial charge on any atom is -0.493 e. The molecule has 3 rings (SSSR count). The van der Waals surface area contributed by atoms with E-state index in [4.69, 9.17) is 32.0 Å². The van der Waals surface area contributed by atoms with Gasteiger partial charge < -0.3 is 14.0 Å². The predicted octanol–water partition coefficient (Wildman–Crippen LogP) is 4.58. The Balaban J connectivity index is 1.83. The molecular weight excluding hydrogens is 402 g/mol. The van der Waals surface area contributed by atoms with Crippen LogP contribution in [-0.4, -0.2) is 23.9 Å². The van der Waals surface area contributed by atoms with Gasteiger partial charge in [-0.15, -0.1) is 6.42 Å². The molecule has 1 N–H and O–H groups in total. The Morgan fingerprint density at radius 2 is 2.07 bits per heavy atom. The maximum Gasteiger partial charge on any atom is 0.226 e. The molecule has 0 saturated carbocycles. The molecule has 0 amide bonds. The molecule has 0 aliphatic heterocycles. The topological polar surface area (TPSA) is 69.4 Å². The first kappa shape index (κ1) is 21.7. The Kier molecular flexibility index (Phi) is 7.72. The van der Waals surface area contributed by atoms with Crippen molar-refractivity contribution in [2.45, 2.75) is 32.4 Å². The number of hydrogen-bond acceptors (Lipinski definition) is 6. The number of nitrogens with one attached hydrogen (secondary N) is 1. The van der Waals surface area contributed by atoms with Gasteiger partial charge in [0.25, 0.3) is 0 Å². The van der Waals surface area contributed by atoms with Gasteiger partial charge in [-0.25, -0.2) is 0 Å². The number of rotatable bonds is 10. The molecule has 0 radical (unpaired) electrons. The van der Waals surface area contributed by atoms with Crippen LogP contribution in [0, 0.1) is 12.3 Å². The third kappa shape index (κ3) is 5.32. The first-order valence-corrected chi connectivity index (χ1v) is 10.1. The fourth-order valence-electron chi connectivity index (χ4n) is 3.05. The lowest BCUT2D eigenvalue weighted by Crippen LogP contribution is -2.23. The van der Waals surface area contributed by atoms with Crippen molar-refractivity contribution >= 4 is 11.6 Å². The zero-order valence-electron chi connectivity index (χ0n) is 17.0. The van der Waals surface area contributed by atoms with Crippen molar-refractivity contribution in [1.29, 1.82) is 0 Å². The van der Waals surface area contributed by atoms with E-state index in [0.717, 1.165) is 24.0 Å². The average molecular weight is 426 g/mol. The molecule has 0 unspecified atom stereocenters. The minimum atomic E-state index is -0.234. The average Bonchev–Trinajstić information content (AvgIpc) is 3.22. The van der Waals surface area contributed by atoms with Crippen LogP contribution >= 0.6 is 11.6 Å². The summed E-state index contributed by atoms with van der Waals surface area (Å²) in [6.45, 7) is 2.69. The highest BCUT2D eigenvalue weighted by molar-refractivity contribution is 6.32. The molecule has 30 heavy (non-hydrogen) atoms.